The third-order valence-corrected chi connectivity index (χ3v) is 2.62. The molecule has 14 heavy (non-hydrogen) atoms. The minimum Gasteiger partial charge on any atom is -0.329 e. The van der Waals surface area contributed by atoms with Crippen molar-refractivity contribution in [1.29, 1.82) is 0 Å². The van der Waals surface area contributed by atoms with E-state index in [1.165, 1.54) is 0 Å². The van der Waals surface area contributed by atoms with Crippen molar-refractivity contribution in [3.8, 4) is 0 Å². The minimum atomic E-state index is 0.490. The van der Waals surface area contributed by atoms with Gasteiger partial charge in [-0.05, 0) is 12.8 Å². The highest BCUT2D eigenvalue weighted by molar-refractivity contribution is 5.72. The number of aromatic amines is 1. The molecule has 0 saturated heterocycles. The van der Waals surface area contributed by atoms with E-state index in [2.05, 4.69) is 33.8 Å². The summed E-state index contributed by atoms with van der Waals surface area (Å²) in [4.78, 5) is 15.7. The van der Waals surface area contributed by atoms with Crippen LogP contribution in [0.4, 0.5) is 0 Å². The van der Waals surface area contributed by atoms with Crippen LogP contribution in [-0.4, -0.2) is 19.9 Å². The van der Waals surface area contributed by atoms with Gasteiger partial charge in [0.15, 0.2) is 5.65 Å². The fraction of sp³-hybridized carbons (Fsp3) is 0.500. The molecule has 4 nitrogen and oxygen atoms in total. The van der Waals surface area contributed by atoms with Crippen molar-refractivity contribution in [2.24, 2.45) is 0 Å². The number of H-pyrrole nitrogens is 1. The predicted molar refractivity (Wildman–Crippen MR) is 55.0 cm³/mol. The molecule has 2 aromatic rings. The molecular weight excluding hydrogens is 176 g/mol. The Balaban J connectivity index is 2.54. The van der Waals surface area contributed by atoms with Gasteiger partial charge in [-0.2, -0.15) is 0 Å². The number of nitrogens with one attached hydrogen (secondary N) is 1. The summed E-state index contributed by atoms with van der Waals surface area (Å²) < 4.78 is 0. The maximum atomic E-state index is 4.33. The molecule has 1 N–H and O–H groups in total. The topological polar surface area (TPSA) is 54.5 Å². The number of aromatic nitrogens is 4. The van der Waals surface area contributed by atoms with Gasteiger partial charge in [0.1, 0.15) is 11.8 Å². The van der Waals surface area contributed by atoms with Gasteiger partial charge in [0.2, 0.25) is 0 Å². The molecule has 0 spiro atoms. The molecule has 0 aliphatic carbocycles. The van der Waals surface area contributed by atoms with E-state index < -0.39 is 0 Å². The van der Waals surface area contributed by atoms with Gasteiger partial charge in [0, 0.05) is 5.92 Å². The van der Waals surface area contributed by atoms with Crippen LogP contribution < -0.4 is 0 Å². The number of imidazole rings is 1. The second kappa shape index (κ2) is 3.74. The summed E-state index contributed by atoms with van der Waals surface area (Å²) in [7, 11) is 0. The van der Waals surface area contributed by atoms with Crippen LogP contribution in [0.2, 0.25) is 0 Å². The zero-order valence-corrected chi connectivity index (χ0v) is 8.49. The molecule has 0 fully saturated rings. The summed E-state index contributed by atoms with van der Waals surface area (Å²) in [5.41, 5.74) is 2.82. The molecule has 0 aliphatic heterocycles. The molecule has 2 heterocycles. The zero-order valence-electron chi connectivity index (χ0n) is 8.49. The lowest BCUT2D eigenvalue weighted by molar-refractivity contribution is 0.626. The van der Waals surface area contributed by atoms with Gasteiger partial charge < -0.3 is 4.98 Å². The van der Waals surface area contributed by atoms with Crippen LogP contribution in [0.3, 0.4) is 0 Å². The Morgan fingerprint density at radius 1 is 1.21 bits per heavy atom. The summed E-state index contributed by atoms with van der Waals surface area (Å²) >= 11 is 0. The maximum Gasteiger partial charge on any atom is 0.160 e. The third kappa shape index (κ3) is 1.36. The maximum absolute atomic E-state index is 4.33. The molecule has 0 aromatic carbocycles. The summed E-state index contributed by atoms with van der Waals surface area (Å²) in [6.07, 6.45) is 5.46. The number of hydrogen-bond acceptors (Lipinski definition) is 3. The van der Waals surface area contributed by atoms with E-state index in [1.807, 2.05) is 0 Å². The van der Waals surface area contributed by atoms with Crippen LogP contribution in [0, 0.1) is 0 Å². The van der Waals surface area contributed by atoms with Crippen LogP contribution in [-0.2, 0) is 0 Å². The second-order valence-electron chi connectivity index (χ2n) is 3.37. The first-order valence-electron chi connectivity index (χ1n) is 5.00. The molecule has 2 rings (SSSR count). The van der Waals surface area contributed by atoms with E-state index >= 15 is 0 Å². The highest BCUT2D eigenvalue weighted by atomic mass is 15.0. The molecule has 74 valence electrons. The van der Waals surface area contributed by atoms with E-state index in [0.29, 0.717) is 5.92 Å². The normalized spacial score (nSPS) is 11.4. The molecule has 4 heteroatoms. The third-order valence-electron chi connectivity index (χ3n) is 2.62. The minimum absolute atomic E-state index is 0.490. The van der Waals surface area contributed by atoms with Gasteiger partial charge in [-0.25, -0.2) is 15.0 Å². The quantitative estimate of drug-likeness (QED) is 0.807. The molecule has 2 aromatic heterocycles. The molecule has 0 bridgehead atoms. The van der Waals surface area contributed by atoms with Gasteiger partial charge in [-0.15, -0.1) is 0 Å². The van der Waals surface area contributed by atoms with Gasteiger partial charge in [0.25, 0.3) is 0 Å². The van der Waals surface area contributed by atoms with Crippen molar-refractivity contribution in [1.82, 2.24) is 19.9 Å². The van der Waals surface area contributed by atoms with E-state index in [4.69, 9.17) is 0 Å². The molecular formula is C10H14N4. The summed E-state index contributed by atoms with van der Waals surface area (Å²) in [6, 6.07) is 0. The van der Waals surface area contributed by atoms with Gasteiger partial charge in [-0.3, -0.25) is 0 Å². The molecule has 0 saturated carbocycles. The van der Waals surface area contributed by atoms with Gasteiger partial charge in [-0.1, -0.05) is 13.8 Å². The number of nitrogens with zero attached hydrogens (tertiary/aromatic N) is 3. The predicted octanol–water partition coefficient (Wildman–Crippen LogP) is 2.26. The summed E-state index contributed by atoms with van der Waals surface area (Å²) in [6.45, 7) is 4.35. The van der Waals surface area contributed by atoms with Crippen molar-refractivity contribution in [2.45, 2.75) is 32.6 Å². The largest absolute Gasteiger partial charge is 0.329 e. The van der Waals surface area contributed by atoms with E-state index in [0.717, 1.165) is 29.7 Å². The number of hydrogen-bond donors (Lipinski definition) is 1. The van der Waals surface area contributed by atoms with Crippen LogP contribution in [0.5, 0.6) is 0 Å². The van der Waals surface area contributed by atoms with E-state index in [-0.39, 0.29) is 0 Å². The lowest BCUT2D eigenvalue weighted by Crippen LogP contribution is -2.00. The first-order chi connectivity index (χ1) is 6.86. The van der Waals surface area contributed by atoms with Crippen LogP contribution in [0.1, 0.15) is 38.3 Å². The molecule has 0 radical (unpaired) electrons. The fourth-order valence-electron chi connectivity index (χ4n) is 1.76. The summed E-state index contributed by atoms with van der Waals surface area (Å²) in [5.74, 6) is 0.490. The smallest absolute Gasteiger partial charge is 0.160 e. The average Bonchev–Trinajstić information content (AvgIpc) is 2.68. The van der Waals surface area contributed by atoms with Gasteiger partial charge in [0.05, 0.1) is 12.0 Å². The summed E-state index contributed by atoms with van der Waals surface area (Å²) in [5, 5.41) is 0. The number of fused-ring (bicyclic) bond motifs is 1. The van der Waals surface area contributed by atoms with Crippen molar-refractivity contribution in [3.05, 3.63) is 18.3 Å². The Morgan fingerprint density at radius 2 is 2.00 bits per heavy atom. The van der Waals surface area contributed by atoms with Crippen molar-refractivity contribution >= 4 is 11.2 Å². The molecule has 0 amide bonds. The monoisotopic (exact) mass is 190 g/mol. The van der Waals surface area contributed by atoms with Crippen LogP contribution in [0.25, 0.3) is 11.2 Å². The van der Waals surface area contributed by atoms with E-state index in [9.17, 15) is 0 Å². The lowest BCUT2D eigenvalue weighted by Gasteiger charge is -2.10. The van der Waals surface area contributed by atoms with Gasteiger partial charge >= 0.3 is 0 Å². The highest BCUT2D eigenvalue weighted by Gasteiger charge is 2.13. The van der Waals surface area contributed by atoms with E-state index in [1.54, 1.807) is 12.7 Å². The van der Waals surface area contributed by atoms with Crippen LogP contribution in [0.15, 0.2) is 12.7 Å². The first-order valence-corrected chi connectivity index (χ1v) is 5.00. The lowest BCUT2D eigenvalue weighted by atomic mass is 9.98. The molecule has 0 unspecified atom stereocenters. The first kappa shape index (κ1) is 9.12. The Labute approximate surface area is 82.8 Å². The fourth-order valence-corrected chi connectivity index (χ4v) is 1.76. The molecule has 0 atom stereocenters. The van der Waals surface area contributed by atoms with Crippen molar-refractivity contribution in [3.63, 3.8) is 0 Å². The number of rotatable bonds is 3. The Bertz CT molecular complexity index is 417. The average molecular weight is 190 g/mol. The Morgan fingerprint density at radius 3 is 2.71 bits per heavy atom. The van der Waals surface area contributed by atoms with Crippen LogP contribution >= 0.6 is 0 Å². The Kier molecular flexibility index (Phi) is 2.43. The SMILES string of the molecule is CCC(CC)c1ncnc2[nH]cnc12. The second-order valence-corrected chi connectivity index (χ2v) is 3.37. The zero-order chi connectivity index (χ0) is 9.97. The highest BCUT2D eigenvalue weighted by Crippen LogP contribution is 2.24. The van der Waals surface area contributed by atoms with Crippen molar-refractivity contribution < 1.29 is 0 Å². The Hall–Kier alpha value is -1.45. The molecule has 0 aliphatic rings. The standard InChI is InChI=1S/C10H14N4/c1-3-7(4-2)8-9-10(13-5-11-8)14-6-12-9/h5-7H,3-4H2,1-2H3,(H,11,12,13,14). The van der Waals surface area contributed by atoms with Crippen molar-refractivity contribution in [2.75, 3.05) is 0 Å².